The van der Waals surface area contributed by atoms with Crippen molar-refractivity contribution < 1.29 is 4.52 Å². The van der Waals surface area contributed by atoms with Crippen LogP contribution in [0.2, 0.25) is 0 Å². The first kappa shape index (κ1) is 12.8. The maximum absolute atomic E-state index is 5.51. The summed E-state index contributed by atoms with van der Waals surface area (Å²) in [6.07, 6.45) is 6.49. The Morgan fingerprint density at radius 2 is 2.33 bits per heavy atom. The molecular formula is C15H16N4OS. The van der Waals surface area contributed by atoms with Gasteiger partial charge in [-0.1, -0.05) is 5.16 Å². The first-order chi connectivity index (χ1) is 10.4. The third-order valence-corrected chi connectivity index (χ3v) is 4.60. The van der Waals surface area contributed by atoms with E-state index in [1.807, 2.05) is 17.1 Å². The number of hydrogen-bond donors (Lipinski definition) is 0. The van der Waals surface area contributed by atoms with Crippen molar-refractivity contribution in [3.63, 3.8) is 0 Å². The van der Waals surface area contributed by atoms with E-state index < -0.39 is 0 Å². The van der Waals surface area contributed by atoms with Gasteiger partial charge in [0.05, 0.1) is 12.9 Å². The molecular weight excluding hydrogens is 284 g/mol. The zero-order chi connectivity index (χ0) is 14.1. The lowest BCUT2D eigenvalue weighted by Crippen LogP contribution is -2.29. The van der Waals surface area contributed by atoms with Crippen molar-refractivity contribution in [3.05, 3.63) is 58.1 Å². The summed E-state index contributed by atoms with van der Waals surface area (Å²) in [5.41, 5.74) is 3.67. The molecule has 0 N–H and O–H groups in total. The van der Waals surface area contributed by atoms with Gasteiger partial charge in [0.2, 0.25) is 0 Å². The first-order valence-electron chi connectivity index (χ1n) is 7.04. The van der Waals surface area contributed by atoms with Crippen molar-refractivity contribution in [2.24, 2.45) is 0 Å². The molecule has 5 nitrogen and oxygen atoms in total. The smallest absolute Gasteiger partial charge is 0.142 e. The van der Waals surface area contributed by atoms with Gasteiger partial charge in [-0.05, 0) is 22.4 Å². The van der Waals surface area contributed by atoms with Gasteiger partial charge in [0.15, 0.2) is 0 Å². The fourth-order valence-electron chi connectivity index (χ4n) is 2.77. The number of hydrogen-bond acceptors (Lipinski definition) is 5. The number of rotatable bonds is 4. The minimum Gasteiger partial charge on any atom is -0.361 e. The minimum atomic E-state index is 0.727. The molecule has 0 saturated heterocycles. The van der Waals surface area contributed by atoms with Crippen LogP contribution in [0.5, 0.6) is 0 Å². The van der Waals surface area contributed by atoms with Gasteiger partial charge in [-0.2, -0.15) is 11.3 Å². The summed E-state index contributed by atoms with van der Waals surface area (Å²) in [5.74, 6) is 1.05. The van der Waals surface area contributed by atoms with Gasteiger partial charge in [-0.25, -0.2) is 4.98 Å². The first-order valence-corrected chi connectivity index (χ1v) is 7.98. The molecule has 4 heterocycles. The molecule has 108 valence electrons. The molecule has 1 aliphatic rings. The van der Waals surface area contributed by atoms with Gasteiger partial charge in [0.1, 0.15) is 11.5 Å². The van der Waals surface area contributed by atoms with Crippen LogP contribution in [0.25, 0.3) is 0 Å². The normalized spacial score (nSPS) is 15.2. The number of nitrogens with zero attached hydrogens (tertiary/aromatic N) is 4. The Balaban J connectivity index is 1.52. The minimum absolute atomic E-state index is 0.727. The second kappa shape index (κ2) is 5.46. The SMILES string of the molecule is c1cn(Cc2noc3c2CN(Cc2ccsc2)CC3)cn1. The van der Waals surface area contributed by atoms with E-state index in [9.17, 15) is 0 Å². The topological polar surface area (TPSA) is 47.1 Å². The fourth-order valence-corrected chi connectivity index (χ4v) is 3.43. The lowest BCUT2D eigenvalue weighted by atomic mass is 10.1. The molecule has 0 unspecified atom stereocenters. The Labute approximate surface area is 126 Å². The van der Waals surface area contributed by atoms with Gasteiger partial charge in [0.25, 0.3) is 0 Å². The van der Waals surface area contributed by atoms with Crippen LogP contribution in [0.15, 0.2) is 40.1 Å². The Morgan fingerprint density at radius 3 is 3.14 bits per heavy atom. The van der Waals surface area contributed by atoms with Crippen LogP contribution in [-0.4, -0.2) is 26.2 Å². The van der Waals surface area contributed by atoms with Crippen LogP contribution < -0.4 is 0 Å². The van der Waals surface area contributed by atoms with E-state index in [-0.39, 0.29) is 0 Å². The summed E-state index contributed by atoms with van der Waals surface area (Å²) in [7, 11) is 0. The highest BCUT2D eigenvalue weighted by Gasteiger charge is 2.24. The molecule has 0 saturated carbocycles. The summed E-state index contributed by atoms with van der Waals surface area (Å²) in [6.45, 7) is 3.67. The van der Waals surface area contributed by atoms with Gasteiger partial charge in [-0.15, -0.1) is 0 Å². The van der Waals surface area contributed by atoms with E-state index in [0.717, 1.165) is 44.1 Å². The number of imidazole rings is 1. The highest BCUT2D eigenvalue weighted by Crippen LogP contribution is 2.24. The van der Waals surface area contributed by atoms with Crippen molar-refractivity contribution in [3.8, 4) is 0 Å². The molecule has 4 rings (SSSR count). The maximum Gasteiger partial charge on any atom is 0.142 e. The molecule has 0 amide bonds. The van der Waals surface area contributed by atoms with Gasteiger partial charge in [-0.3, -0.25) is 4.90 Å². The van der Waals surface area contributed by atoms with E-state index in [4.69, 9.17) is 4.52 Å². The molecule has 3 aromatic rings. The van der Waals surface area contributed by atoms with Crippen molar-refractivity contribution in [1.29, 1.82) is 0 Å². The van der Waals surface area contributed by atoms with E-state index >= 15 is 0 Å². The van der Waals surface area contributed by atoms with Crippen molar-refractivity contribution in [1.82, 2.24) is 19.6 Å². The second-order valence-corrected chi connectivity index (χ2v) is 6.14. The van der Waals surface area contributed by atoms with Crippen LogP contribution in [-0.2, 0) is 26.1 Å². The quantitative estimate of drug-likeness (QED) is 0.743. The lowest BCUT2D eigenvalue weighted by molar-refractivity contribution is 0.229. The maximum atomic E-state index is 5.51. The summed E-state index contributed by atoms with van der Waals surface area (Å²) in [4.78, 5) is 6.53. The van der Waals surface area contributed by atoms with E-state index in [0.29, 0.717) is 0 Å². The van der Waals surface area contributed by atoms with Crippen LogP contribution in [0, 0.1) is 0 Å². The molecule has 0 spiro atoms. The monoisotopic (exact) mass is 300 g/mol. The van der Waals surface area contributed by atoms with Gasteiger partial charge < -0.3 is 9.09 Å². The number of aromatic nitrogens is 3. The molecule has 6 heteroatoms. The molecule has 0 bridgehead atoms. The summed E-state index contributed by atoms with van der Waals surface area (Å²) in [6, 6.07) is 2.19. The van der Waals surface area contributed by atoms with Crippen LogP contribution in [0.3, 0.4) is 0 Å². The molecule has 21 heavy (non-hydrogen) atoms. The zero-order valence-electron chi connectivity index (χ0n) is 11.6. The average Bonchev–Trinajstić information content (AvgIpc) is 3.22. The summed E-state index contributed by atoms with van der Waals surface area (Å²) >= 11 is 1.75. The second-order valence-electron chi connectivity index (χ2n) is 5.36. The Bertz CT molecular complexity index is 702. The van der Waals surface area contributed by atoms with Gasteiger partial charge in [0, 0.05) is 44.0 Å². The summed E-state index contributed by atoms with van der Waals surface area (Å²) < 4.78 is 7.53. The Hall–Kier alpha value is -1.92. The molecule has 1 aliphatic heterocycles. The molecule has 3 aromatic heterocycles. The molecule has 0 aromatic carbocycles. The van der Waals surface area contributed by atoms with E-state index in [1.165, 1.54) is 11.1 Å². The number of thiophene rings is 1. The van der Waals surface area contributed by atoms with Crippen molar-refractivity contribution >= 4 is 11.3 Å². The van der Waals surface area contributed by atoms with E-state index in [2.05, 4.69) is 31.9 Å². The predicted octanol–water partition coefficient (Wildman–Crippen LogP) is 2.54. The molecule has 0 atom stereocenters. The lowest BCUT2D eigenvalue weighted by Gasteiger charge is -2.25. The van der Waals surface area contributed by atoms with Crippen molar-refractivity contribution in [2.45, 2.75) is 26.1 Å². The largest absolute Gasteiger partial charge is 0.361 e. The van der Waals surface area contributed by atoms with Crippen LogP contribution in [0.4, 0.5) is 0 Å². The predicted molar refractivity (Wildman–Crippen MR) is 80.0 cm³/mol. The van der Waals surface area contributed by atoms with Gasteiger partial charge >= 0.3 is 0 Å². The fraction of sp³-hybridized carbons (Fsp3) is 0.333. The summed E-state index contributed by atoms with van der Waals surface area (Å²) in [5, 5.41) is 8.61. The van der Waals surface area contributed by atoms with Crippen LogP contribution >= 0.6 is 11.3 Å². The molecule has 0 radical (unpaired) electrons. The van der Waals surface area contributed by atoms with E-state index in [1.54, 1.807) is 17.5 Å². The van der Waals surface area contributed by atoms with Crippen molar-refractivity contribution in [2.75, 3.05) is 6.54 Å². The van der Waals surface area contributed by atoms with Crippen LogP contribution in [0.1, 0.15) is 22.6 Å². The molecule has 0 fully saturated rings. The zero-order valence-corrected chi connectivity index (χ0v) is 12.4. The highest BCUT2D eigenvalue weighted by molar-refractivity contribution is 7.07. The third kappa shape index (κ3) is 2.64. The highest BCUT2D eigenvalue weighted by atomic mass is 32.1. The molecule has 0 aliphatic carbocycles. The number of fused-ring (bicyclic) bond motifs is 1. The third-order valence-electron chi connectivity index (χ3n) is 3.87. The average molecular weight is 300 g/mol. The standard InChI is InChI=1S/C15H16N4OS/c1-4-18(7-12-2-6-21-10-12)8-13-14(17-20-15(1)13)9-19-5-3-16-11-19/h2-3,5-6,10-11H,1,4,7-9H2. The Kier molecular flexibility index (Phi) is 3.33. The Morgan fingerprint density at radius 1 is 1.33 bits per heavy atom.